The number of hydrogen-bond acceptors (Lipinski definition) is 2. The van der Waals surface area contributed by atoms with Crippen LogP contribution in [0.4, 0.5) is 0 Å². The van der Waals surface area contributed by atoms with Gasteiger partial charge in [-0.1, -0.05) is 27.5 Å². The number of carbonyl (C=O) groups excluding carboxylic acids is 1. The van der Waals surface area contributed by atoms with E-state index in [1.165, 1.54) is 6.42 Å². The largest absolute Gasteiger partial charge is 0.339 e. The molecular weight excluding hydrogens is 340 g/mol. The maximum absolute atomic E-state index is 12.6. The fourth-order valence-corrected chi connectivity index (χ4v) is 3.80. The first kappa shape index (κ1) is 14.4. The zero-order valence-electron chi connectivity index (χ0n) is 11.3. The number of nitrogens with zero attached hydrogens (tertiary/aromatic N) is 1. The van der Waals surface area contributed by atoms with Crippen LogP contribution in [0.25, 0.3) is 0 Å². The SMILES string of the molecule is O=C(c1cc(Br)ccc1Cl)N1CCC2(CCNC2)CC1. The van der Waals surface area contributed by atoms with Crippen molar-refractivity contribution in [2.45, 2.75) is 19.3 Å². The van der Waals surface area contributed by atoms with Gasteiger partial charge in [-0.2, -0.15) is 0 Å². The van der Waals surface area contributed by atoms with Crippen molar-refractivity contribution < 1.29 is 4.79 Å². The van der Waals surface area contributed by atoms with Crippen LogP contribution in [-0.4, -0.2) is 37.0 Å². The van der Waals surface area contributed by atoms with Gasteiger partial charge >= 0.3 is 0 Å². The molecule has 2 saturated heterocycles. The molecule has 0 bridgehead atoms. The molecule has 0 saturated carbocycles. The quantitative estimate of drug-likeness (QED) is 0.836. The monoisotopic (exact) mass is 356 g/mol. The van der Waals surface area contributed by atoms with E-state index < -0.39 is 0 Å². The van der Waals surface area contributed by atoms with Gasteiger partial charge in [0, 0.05) is 24.1 Å². The van der Waals surface area contributed by atoms with Gasteiger partial charge < -0.3 is 10.2 Å². The summed E-state index contributed by atoms with van der Waals surface area (Å²) in [5.74, 6) is 0.0529. The standard InChI is InChI=1S/C15H18BrClN2O/c16-11-1-2-13(17)12(9-11)14(20)19-7-4-15(5-8-19)3-6-18-10-15/h1-2,9,18H,3-8,10H2. The van der Waals surface area contributed by atoms with Crippen molar-refractivity contribution in [2.24, 2.45) is 5.41 Å². The van der Waals surface area contributed by atoms with Crippen LogP contribution < -0.4 is 5.32 Å². The molecule has 1 aromatic rings. The molecule has 2 aliphatic rings. The Bertz CT molecular complexity index is 519. The summed E-state index contributed by atoms with van der Waals surface area (Å²) >= 11 is 9.55. The van der Waals surface area contributed by atoms with Crippen LogP contribution in [0.5, 0.6) is 0 Å². The van der Waals surface area contributed by atoms with E-state index >= 15 is 0 Å². The fraction of sp³-hybridized carbons (Fsp3) is 0.533. The molecule has 2 aliphatic heterocycles. The highest BCUT2D eigenvalue weighted by molar-refractivity contribution is 9.10. The predicted octanol–water partition coefficient (Wildman–Crippen LogP) is 3.32. The molecule has 3 nitrogen and oxygen atoms in total. The summed E-state index contributed by atoms with van der Waals surface area (Å²) in [4.78, 5) is 14.5. The molecular formula is C15H18BrClN2O. The van der Waals surface area contributed by atoms with Crippen LogP contribution in [0.3, 0.4) is 0 Å². The highest BCUT2D eigenvalue weighted by Crippen LogP contribution is 2.37. The molecule has 1 amide bonds. The van der Waals surface area contributed by atoms with E-state index in [-0.39, 0.29) is 5.91 Å². The number of likely N-dealkylation sites (tertiary alicyclic amines) is 1. The number of halogens is 2. The summed E-state index contributed by atoms with van der Waals surface area (Å²) < 4.78 is 0.888. The molecule has 5 heteroatoms. The van der Waals surface area contributed by atoms with E-state index in [4.69, 9.17) is 11.6 Å². The second-order valence-electron chi connectivity index (χ2n) is 5.84. The second kappa shape index (κ2) is 5.66. The van der Waals surface area contributed by atoms with Crippen LogP contribution in [0.2, 0.25) is 5.02 Å². The van der Waals surface area contributed by atoms with Gasteiger partial charge in [0.2, 0.25) is 0 Å². The minimum Gasteiger partial charge on any atom is -0.339 e. The Morgan fingerprint density at radius 3 is 2.70 bits per heavy atom. The van der Waals surface area contributed by atoms with Crippen molar-refractivity contribution >= 4 is 33.4 Å². The Hall–Kier alpha value is -0.580. The van der Waals surface area contributed by atoms with Gasteiger partial charge in [-0.15, -0.1) is 0 Å². The number of piperidine rings is 1. The molecule has 1 aromatic carbocycles. The Labute approximate surface area is 132 Å². The number of amides is 1. The third-order valence-corrected chi connectivity index (χ3v) is 5.43. The average Bonchev–Trinajstić information content (AvgIpc) is 2.90. The molecule has 0 unspecified atom stereocenters. The van der Waals surface area contributed by atoms with Crippen LogP contribution in [-0.2, 0) is 0 Å². The Kier molecular flexibility index (Phi) is 4.07. The van der Waals surface area contributed by atoms with Crippen LogP contribution in [0, 0.1) is 5.41 Å². The van der Waals surface area contributed by atoms with Gasteiger partial charge in [-0.25, -0.2) is 0 Å². The van der Waals surface area contributed by atoms with Gasteiger partial charge in [-0.3, -0.25) is 4.79 Å². The predicted molar refractivity (Wildman–Crippen MR) is 84.2 cm³/mol. The van der Waals surface area contributed by atoms with Crippen molar-refractivity contribution in [1.29, 1.82) is 0 Å². The zero-order chi connectivity index (χ0) is 14.2. The van der Waals surface area contributed by atoms with Gasteiger partial charge in [0.05, 0.1) is 10.6 Å². The molecule has 20 heavy (non-hydrogen) atoms. The Morgan fingerprint density at radius 2 is 2.05 bits per heavy atom. The number of carbonyl (C=O) groups is 1. The van der Waals surface area contributed by atoms with E-state index in [0.717, 1.165) is 43.5 Å². The average molecular weight is 358 g/mol. The number of benzene rings is 1. The highest BCUT2D eigenvalue weighted by Gasteiger charge is 2.38. The third-order valence-electron chi connectivity index (χ3n) is 4.60. The Morgan fingerprint density at radius 1 is 1.30 bits per heavy atom. The second-order valence-corrected chi connectivity index (χ2v) is 7.17. The maximum Gasteiger partial charge on any atom is 0.255 e. The molecule has 2 heterocycles. The van der Waals surface area contributed by atoms with Crippen molar-refractivity contribution in [1.82, 2.24) is 10.2 Å². The topological polar surface area (TPSA) is 32.3 Å². The smallest absolute Gasteiger partial charge is 0.255 e. The lowest BCUT2D eigenvalue weighted by Crippen LogP contribution is -2.44. The van der Waals surface area contributed by atoms with E-state index in [1.54, 1.807) is 6.07 Å². The molecule has 0 aromatic heterocycles. The van der Waals surface area contributed by atoms with E-state index in [2.05, 4.69) is 21.2 Å². The van der Waals surface area contributed by atoms with Crippen LogP contribution >= 0.6 is 27.5 Å². The minimum atomic E-state index is 0.0529. The normalized spacial score (nSPS) is 21.4. The van der Waals surface area contributed by atoms with E-state index in [0.29, 0.717) is 16.0 Å². The summed E-state index contributed by atoms with van der Waals surface area (Å²) in [7, 11) is 0. The molecule has 0 radical (unpaired) electrons. The lowest BCUT2D eigenvalue weighted by Gasteiger charge is -2.39. The first-order valence-corrected chi connectivity index (χ1v) is 8.22. The first-order valence-electron chi connectivity index (χ1n) is 7.05. The number of nitrogens with one attached hydrogen (secondary N) is 1. The molecule has 1 N–H and O–H groups in total. The third kappa shape index (κ3) is 2.74. The van der Waals surface area contributed by atoms with Crippen molar-refractivity contribution in [2.75, 3.05) is 26.2 Å². The summed E-state index contributed by atoms with van der Waals surface area (Å²) in [5, 5.41) is 3.97. The van der Waals surface area contributed by atoms with Crippen molar-refractivity contribution in [3.63, 3.8) is 0 Å². The molecule has 1 spiro atoms. The molecule has 0 aliphatic carbocycles. The molecule has 3 rings (SSSR count). The fourth-order valence-electron chi connectivity index (χ4n) is 3.24. The molecule has 108 valence electrons. The lowest BCUT2D eigenvalue weighted by atomic mass is 9.78. The first-order chi connectivity index (χ1) is 9.60. The van der Waals surface area contributed by atoms with E-state index in [1.807, 2.05) is 17.0 Å². The summed E-state index contributed by atoms with van der Waals surface area (Å²) in [6.07, 6.45) is 3.43. The highest BCUT2D eigenvalue weighted by atomic mass is 79.9. The van der Waals surface area contributed by atoms with Crippen LogP contribution in [0.1, 0.15) is 29.6 Å². The molecule has 0 atom stereocenters. The van der Waals surface area contributed by atoms with Crippen molar-refractivity contribution in [3.8, 4) is 0 Å². The van der Waals surface area contributed by atoms with Gasteiger partial charge in [0.15, 0.2) is 0 Å². The zero-order valence-corrected chi connectivity index (χ0v) is 13.6. The number of rotatable bonds is 1. The molecule has 2 fully saturated rings. The van der Waals surface area contributed by atoms with Gasteiger partial charge in [0.25, 0.3) is 5.91 Å². The number of hydrogen-bond donors (Lipinski definition) is 1. The minimum absolute atomic E-state index is 0.0529. The van der Waals surface area contributed by atoms with E-state index in [9.17, 15) is 4.79 Å². The maximum atomic E-state index is 12.6. The Balaban J connectivity index is 1.71. The van der Waals surface area contributed by atoms with Gasteiger partial charge in [0.1, 0.15) is 0 Å². The van der Waals surface area contributed by atoms with Crippen molar-refractivity contribution in [3.05, 3.63) is 33.3 Å². The summed E-state index contributed by atoms with van der Waals surface area (Å²) in [6, 6.07) is 5.44. The summed E-state index contributed by atoms with van der Waals surface area (Å²) in [5.41, 5.74) is 1.03. The summed E-state index contributed by atoms with van der Waals surface area (Å²) in [6.45, 7) is 3.89. The van der Waals surface area contributed by atoms with Gasteiger partial charge in [-0.05, 0) is 49.4 Å². The van der Waals surface area contributed by atoms with Crippen LogP contribution in [0.15, 0.2) is 22.7 Å². The lowest BCUT2D eigenvalue weighted by molar-refractivity contribution is 0.0608.